The van der Waals surface area contributed by atoms with Crippen LogP contribution in [0, 0.1) is 18.2 Å². The lowest BCUT2D eigenvalue weighted by Crippen LogP contribution is -2.36. The van der Waals surface area contributed by atoms with Crippen LogP contribution in [0.2, 0.25) is 0 Å². The first-order valence-electron chi connectivity index (χ1n) is 10.1. The SMILES string of the molecule is Cc1ccccc1[C@@H](C[C@H]1CCCN1C(=O)/C=C(\O)C(O)C=N)c1ccc(F)cc1. The minimum atomic E-state index is -1.48. The third-order valence-corrected chi connectivity index (χ3v) is 5.74. The van der Waals surface area contributed by atoms with Gasteiger partial charge in [-0.25, -0.2) is 4.39 Å². The fourth-order valence-electron chi connectivity index (χ4n) is 4.14. The molecule has 5 nitrogen and oxygen atoms in total. The number of nitrogens with zero attached hydrogens (tertiary/aromatic N) is 1. The first-order chi connectivity index (χ1) is 14.4. The van der Waals surface area contributed by atoms with Crippen molar-refractivity contribution < 1.29 is 19.4 Å². The van der Waals surface area contributed by atoms with Gasteiger partial charge >= 0.3 is 0 Å². The van der Waals surface area contributed by atoms with Crippen LogP contribution < -0.4 is 0 Å². The molecular weight excluding hydrogens is 383 g/mol. The van der Waals surface area contributed by atoms with E-state index in [1.807, 2.05) is 25.1 Å². The predicted molar refractivity (Wildman–Crippen MR) is 114 cm³/mol. The van der Waals surface area contributed by atoms with Crippen molar-refractivity contribution in [2.45, 2.75) is 44.2 Å². The molecule has 30 heavy (non-hydrogen) atoms. The number of rotatable bonds is 7. The maximum atomic E-state index is 13.5. The third kappa shape index (κ3) is 4.94. The van der Waals surface area contributed by atoms with Crippen molar-refractivity contribution in [3.05, 3.63) is 82.9 Å². The Hall–Kier alpha value is -2.99. The quantitative estimate of drug-likeness (QED) is 0.365. The standard InChI is InChI=1S/C24H27FN2O3/c1-16-5-2-3-7-20(16)21(17-8-10-18(25)11-9-17)13-19-6-4-12-27(19)24(30)14-22(28)23(29)15-26/h2-3,5,7-11,14-15,19,21,23,26,28-29H,4,6,12-13H2,1H3/b22-14-,26-15?/t19-,21+,23?/m1/s1. The van der Waals surface area contributed by atoms with E-state index in [-0.39, 0.29) is 23.7 Å². The number of carbonyl (C=O) groups is 1. The lowest BCUT2D eigenvalue weighted by molar-refractivity contribution is -0.127. The summed E-state index contributed by atoms with van der Waals surface area (Å²) in [5, 5.41) is 26.4. The Morgan fingerprint density at radius 3 is 2.63 bits per heavy atom. The molecule has 1 unspecified atom stereocenters. The zero-order chi connectivity index (χ0) is 21.7. The maximum absolute atomic E-state index is 13.5. The maximum Gasteiger partial charge on any atom is 0.250 e. The van der Waals surface area contributed by atoms with E-state index in [0.717, 1.165) is 35.6 Å². The molecule has 0 radical (unpaired) electrons. The van der Waals surface area contributed by atoms with Gasteiger partial charge in [-0.05, 0) is 55.0 Å². The van der Waals surface area contributed by atoms with Crippen LogP contribution >= 0.6 is 0 Å². The molecular formula is C24H27FN2O3. The summed E-state index contributed by atoms with van der Waals surface area (Å²) < 4.78 is 13.5. The Kier molecular flexibility index (Phi) is 7.00. The molecule has 1 aliphatic rings. The number of hydrogen-bond acceptors (Lipinski definition) is 4. The van der Waals surface area contributed by atoms with Gasteiger partial charge in [0.2, 0.25) is 5.91 Å². The zero-order valence-electron chi connectivity index (χ0n) is 17.0. The normalized spacial score (nSPS) is 18.8. The van der Waals surface area contributed by atoms with Crippen molar-refractivity contribution >= 4 is 12.1 Å². The summed E-state index contributed by atoms with van der Waals surface area (Å²) in [6.45, 7) is 2.61. The van der Waals surface area contributed by atoms with Crippen LogP contribution in [0.5, 0.6) is 0 Å². The van der Waals surface area contributed by atoms with Crippen molar-refractivity contribution in [2.24, 2.45) is 0 Å². The highest BCUT2D eigenvalue weighted by atomic mass is 19.1. The van der Waals surface area contributed by atoms with Gasteiger partial charge in [0.15, 0.2) is 0 Å². The van der Waals surface area contributed by atoms with E-state index in [9.17, 15) is 19.4 Å². The van der Waals surface area contributed by atoms with Crippen LogP contribution in [0.4, 0.5) is 4.39 Å². The molecule has 2 aromatic rings. The molecule has 1 saturated heterocycles. The topological polar surface area (TPSA) is 84.6 Å². The van der Waals surface area contributed by atoms with Crippen molar-refractivity contribution in [2.75, 3.05) is 6.54 Å². The van der Waals surface area contributed by atoms with Crippen LogP contribution in [0.25, 0.3) is 0 Å². The Labute approximate surface area is 176 Å². The summed E-state index contributed by atoms with van der Waals surface area (Å²) in [5.74, 6) is -1.20. The minimum absolute atomic E-state index is 0.00468. The molecule has 2 aromatic carbocycles. The molecule has 3 N–H and O–H groups in total. The van der Waals surface area contributed by atoms with Gasteiger partial charge in [0.25, 0.3) is 0 Å². The van der Waals surface area contributed by atoms with Gasteiger partial charge in [-0.15, -0.1) is 0 Å². The van der Waals surface area contributed by atoms with Crippen molar-refractivity contribution in [3.8, 4) is 0 Å². The molecule has 0 spiro atoms. The van der Waals surface area contributed by atoms with E-state index < -0.39 is 11.9 Å². The van der Waals surface area contributed by atoms with Gasteiger partial charge < -0.3 is 20.5 Å². The van der Waals surface area contributed by atoms with E-state index in [4.69, 9.17) is 5.41 Å². The number of benzene rings is 2. The monoisotopic (exact) mass is 410 g/mol. The van der Waals surface area contributed by atoms with E-state index in [0.29, 0.717) is 19.2 Å². The van der Waals surface area contributed by atoms with Crippen molar-refractivity contribution in [1.82, 2.24) is 4.90 Å². The second-order valence-electron chi connectivity index (χ2n) is 7.70. The molecule has 0 aromatic heterocycles. The molecule has 1 amide bonds. The number of aliphatic hydroxyl groups excluding tert-OH is 2. The largest absolute Gasteiger partial charge is 0.509 e. The van der Waals surface area contributed by atoms with Crippen molar-refractivity contribution in [3.63, 3.8) is 0 Å². The van der Waals surface area contributed by atoms with Gasteiger partial charge in [0.1, 0.15) is 17.7 Å². The van der Waals surface area contributed by atoms with Gasteiger partial charge in [0.05, 0.1) is 0 Å². The van der Waals surface area contributed by atoms with Crippen LogP contribution in [-0.4, -0.2) is 45.9 Å². The minimum Gasteiger partial charge on any atom is -0.509 e. The molecule has 0 saturated carbocycles. The first kappa shape index (κ1) is 21.7. The number of aliphatic hydroxyl groups is 2. The van der Waals surface area contributed by atoms with Crippen LogP contribution in [0.1, 0.15) is 41.9 Å². The average Bonchev–Trinajstić information content (AvgIpc) is 3.21. The Bertz CT molecular complexity index is 926. The molecule has 0 bridgehead atoms. The molecule has 0 aliphatic carbocycles. The van der Waals surface area contributed by atoms with Gasteiger partial charge in [-0.2, -0.15) is 0 Å². The summed E-state index contributed by atoms with van der Waals surface area (Å²) >= 11 is 0. The lowest BCUT2D eigenvalue weighted by Gasteiger charge is -2.29. The number of nitrogens with one attached hydrogen (secondary N) is 1. The number of hydrogen-bond donors (Lipinski definition) is 3. The molecule has 3 rings (SSSR count). The molecule has 1 fully saturated rings. The van der Waals surface area contributed by atoms with Gasteiger partial charge in [-0.3, -0.25) is 4.79 Å². The predicted octanol–water partition coefficient (Wildman–Crippen LogP) is 4.10. The number of aryl methyl sites for hydroxylation is 1. The van der Waals surface area contributed by atoms with Crippen molar-refractivity contribution in [1.29, 1.82) is 5.41 Å². The highest BCUT2D eigenvalue weighted by Gasteiger charge is 2.31. The van der Waals surface area contributed by atoms with E-state index in [1.165, 1.54) is 12.1 Å². The highest BCUT2D eigenvalue weighted by molar-refractivity contribution is 5.89. The molecule has 1 heterocycles. The lowest BCUT2D eigenvalue weighted by atomic mass is 9.83. The molecule has 1 aliphatic heterocycles. The Balaban J connectivity index is 1.88. The van der Waals surface area contributed by atoms with Crippen LogP contribution in [-0.2, 0) is 4.79 Å². The summed E-state index contributed by atoms with van der Waals surface area (Å²) in [6.07, 6.45) is 2.54. The summed E-state index contributed by atoms with van der Waals surface area (Å²) in [5.41, 5.74) is 3.26. The van der Waals surface area contributed by atoms with E-state index >= 15 is 0 Å². The molecule has 6 heteroatoms. The van der Waals surface area contributed by atoms with E-state index in [1.54, 1.807) is 17.0 Å². The number of likely N-dealkylation sites (tertiary alicyclic amines) is 1. The zero-order valence-corrected chi connectivity index (χ0v) is 17.0. The smallest absolute Gasteiger partial charge is 0.250 e. The fraction of sp³-hybridized carbons (Fsp3) is 0.333. The molecule has 3 atom stereocenters. The third-order valence-electron chi connectivity index (χ3n) is 5.74. The number of halogens is 1. The Morgan fingerprint density at radius 1 is 1.27 bits per heavy atom. The van der Waals surface area contributed by atoms with Crippen LogP contribution in [0.15, 0.2) is 60.4 Å². The summed E-state index contributed by atoms with van der Waals surface area (Å²) in [4.78, 5) is 14.4. The number of carbonyl (C=O) groups excluding carboxylic acids is 1. The summed E-state index contributed by atoms with van der Waals surface area (Å²) in [7, 11) is 0. The second kappa shape index (κ2) is 9.67. The van der Waals surface area contributed by atoms with Gasteiger partial charge in [-0.1, -0.05) is 36.4 Å². The van der Waals surface area contributed by atoms with Crippen LogP contribution in [0.3, 0.4) is 0 Å². The molecule has 158 valence electrons. The number of amides is 1. The Morgan fingerprint density at radius 2 is 1.97 bits per heavy atom. The average molecular weight is 410 g/mol. The van der Waals surface area contributed by atoms with E-state index in [2.05, 4.69) is 6.07 Å². The first-order valence-corrected chi connectivity index (χ1v) is 10.1. The second-order valence-corrected chi connectivity index (χ2v) is 7.70. The summed E-state index contributed by atoms with van der Waals surface area (Å²) in [6, 6.07) is 14.5. The fourth-order valence-corrected chi connectivity index (χ4v) is 4.14. The highest BCUT2D eigenvalue weighted by Crippen LogP contribution is 2.35. The van der Waals surface area contributed by atoms with Gasteiger partial charge in [0, 0.05) is 30.8 Å².